The molecule has 0 saturated heterocycles. The van der Waals surface area contributed by atoms with Crippen LogP contribution in [0.4, 0.5) is 11.4 Å². The Morgan fingerprint density at radius 2 is 1.48 bits per heavy atom. The van der Waals surface area contributed by atoms with E-state index in [0.29, 0.717) is 5.92 Å². The van der Waals surface area contributed by atoms with Crippen LogP contribution in [0, 0.1) is 12.8 Å². The number of allylic oxidation sites excluding steroid dienone is 1. The average molecular weight is 325 g/mol. The van der Waals surface area contributed by atoms with E-state index in [9.17, 15) is 0 Å². The normalized spacial score (nSPS) is 16.1. The number of para-hydroxylation sites is 2. The second kappa shape index (κ2) is 6.60. The lowest BCUT2D eigenvalue weighted by atomic mass is 9.87. The van der Waals surface area contributed by atoms with Gasteiger partial charge >= 0.3 is 0 Å². The number of anilines is 2. The van der Waals surface area contributed by atoms with E-state index in [-0.39, 0.29) is 0 Å². The van der Waals surface area contributed by atoms with Crippen LogP contribution in [-0.4, -0.2) is 0 Å². The SMILES string of the molecule is Cc1ccccc1N(C1=CC(C)Cc2ccccc21)c1ccccc1. The number of rotatable bonds is 3. The maximum atomic E-state index is 2.42. The summed E-state index contributed by atoms with van der Waals surface area (Å²) in [5.74, 6) is 0.528. The molecule has 1 aliphatic carbocycles. The topological polar surface area (TPSA) is 3.24 Å². The molecule has 3 aromatic rings. The van der Waals surface area contributed by atoms with Crippen LogP contribution in [0.5, 0.6) is 0 Å². The van der Waals surface area contributed by atoms with Crippen LogP contribution < -0.4 is 4.90 Å². The summed E-state index contributed by atoms with van der Waals surface area (Å²) in [6.07, 6.45) is 3.53. The van der Waals surface area contributed by atoms with E-state index in [4.69, 9.17) is 0 Å². The van der Waals surface area contributed by atoms with Crippen LogP contribution in [0.1, 0.15) is 23.6 Å². The van der Waals surface area contributed by atoms with Crippen molar-refractivity contribution in [3.05, 3.63) is 102 Å². The van der Waals surface area contributed by atoms with Gasteiger partial charge in [-0.2, -0.15) is 0 Å². The fourth-order valence-electron chi connectivity index (χ4n) is 3.71. The largest absolute Gasteiger partial charge is 0.310 e. The van der Waals surface area contributed by atoms with Crippen molar-refractivity contribution in [1.82, 2.24) is 0 Å². The fourth-order valence-corrected chi connectivity index (χ4v) is 3.71. The minimum Gasteiger partial charge on any atom is -0.310 e. The molecule has 0 bridgehead atoms. The summed E-state index contributed by atoms with van der Waals surface area (Å²) in [5.41, 5.74) is 7.78. The number of hydrogen-bond acceptors (Lipinski definition) is 1. The number of aryl methyl sites for hydroxylation is 1. The first-order valence-electron chi connectivity index (χ1n) is 8.95. The van der Waals surface area contributed by atoms with Crippen LogP contribution in [0.3, 0.4) is 0 Å². The lowest BCUT2D eigenvalue weighted by molar-refractivity contribution is 0.711. The van der Waals surface area contributed by atoms with E-state index in [1.165, 1.54) is 33.8 Å². The molecule has 0 saturated carbocycles. The molecule has 0 fully saturated rings. The molecular formula is C24H23N. The van der Waals surface area contributed by atoms with Gasteiger partial charge in [-0.1, -0.05) is 73.7 Å². The molecule has 0 N–H and O–H groups in total. The predicted molar refractivity (Wildman–Crippen MR) is 107 cm³/mol. The first kappa shape index (κ1) is 15.7. The van der Waals surface area contributed by atoms with Crippen molar-refractivity contribution in [1.29, 1.82) is 0 Å². The molecule has 0 heterocycles. The average Bonchev–Trinajstić information content (AvgIpc) is 2.64. The van der Waals surface area contributed by atoms with Crippen molar-refractivity contribution >= 4 is 17.1 Å². The van der Waals surface area contributed by atoms with Gasteiger partial charge in [-0.25, -0.2) is 0 Å². The van der Waals surface area contributed by atoms with Gasteiger partial charge in [-0.3, -0.25) is 0 Å². The van der Waals surface area contributed by atoms with Gasteiger partial charge in [0.1, 0.15) is 0 Å². The quantitative estimate of drug-likeness (QED) is 0.541. The highest BCUT2D eigenvalue weighted by Crippen LogP contribution is 2.40. The molecule has 124 valence electrons. The maximum absolute atomic E-state index is 2.42. The zero-order chi connectivity index (χ0) is 17.2. The Morgan fingerprint density at radius 3 is 2.28 bits per heavy atom. The van der Waals surface area contributed by atoms with Gasteiger partial charge in [-0.05, 0) is 48.6 Å². The van der Waals surface area contributed by atoms with Crippen molar-refractivity contribution in [2.75, 3.05) is 4.90 Å². The molecule has 0 aliphatic heterocycles. The second-order valence-electron chi connectivity index (χ2n) is 6.85. The van der Waals surface area contributed by atoms with Gasteiger partial charge < -0.3 is 4.90 Å². The summed E-state index contributed by atoms with van der Waals surface area (Å²) in [6.45, 7) is 4.49. The van der Waals surface area contributed by atoms with Gasteiger partial charge in [0.2, 0.25) is 0 Å². The minimum atomic E-state index is 0.528. The number of hydrogen-bond donors (Lipinski definition) is 0. The molecule has 0 amide bonds. The van der Waals surface area contributed by atoms with Gasteiger partial charge in [-0.15, -0.1) is 0 Å². The minimum absolute atomic E-state index is 0.528. The Hall–Kier alpha value is -2.80. The highest BCUT2D eigenvalue weighted by molar-refractivity contribution is 5.90. The Balaban J connectivity index is 1.94. The van der Waals surface area contributed by atoms with Gasteiger partial charge in [0.25, 0.3) is 0 Å². The van der Waals surface area contributed by atoms with Crippen molar-refractivity contribution in [2.24, 2.45) is 5.92 Å². The van der Waals surface area contributed by atoms with E-state index in [0.717, 1.165) is 6.42 Å². The molecule has 1 unspecified atom stereocenters. The highest BCUT2D eigenvalue weighted by Gasteiger charge is 2.24. The smallest absolute Gasteiger partial charge is 0.0499 e. The maximum Gasteiger partial charge on any atom is 0.0499 e. The van der Waals surface area contributed by atoms with E-state index in [2.05, 4.69) is 104 Å². The van der Waals surface area contributed by atoms with Crippen LogP contribution in [0.25, 0.3) is 5.70 Å². The zero-order valence-corrected chi connectivity index (χ0v) is 14.8. The third-order valence-electron chi connectivity index (χ3n) is 4.89. The monoisotopic (exact) mass is 325 g/mol. The first-order valence-corrected chi connectivity index (χ1v) is 8.95. The van der Waals surface area contributed by atoms with Crippen LogP contribution in [-0.2, 0) is 6.42 Å². The second-order valence-corrected chi connectivity index (χ2v) is 6.85. The summed E-state index contributed by atoms with van der Waals surface area (Å²) < 4.78 is 0. The highest BCUT2D eigenvalue weighted by atomic mass is 15.2. The van der Waals surface area contributed by atoms with Crippen molar-refractivity contribution in [2.45, 2.75) is 20.3 Å². The molecule has 1 atom stereocenters. The Morgan fingerprint density at radius 1 is 0.800 bits per heavy atom. The van der Waals surface area contributed by atoms with E-state index in [1.807, 2.05) is 0 Å². The molecule has 0 radical (unpaired) electrons. The molecule has 4 rings (SSSR count). The van der Waals surface area contributed by atoms with Gasteiger partial charge in [0.15, 0.2) is 0 Å². The Labute approximate surface area is 150 Å². The third-order valence-corrected chi connectivity index (χ3v) is 4.89. The third kappa shape index (κ3) is 2.98. The fraction of sp³-hybridized carbons (Fsp3) is 0.167. The molecule has 1 nitrogen and oxygen atoms in total. The molecule has 0 spiro atoms. The summed E-state index contributed by atoms with van der Waals surface area (Å²) in [7, 11) is 0. The summed E-state index contributed by atoms with van der Waals surface area (Å²) in [4.78, 5) is 2.41. The molecule has 0 aromatic heterocycles. The van der Waals surface area contributed by atoms with E-state index in [1.54, 1.807) is 0 Å². The first-order chi connectivity index (χ1) is 12.2. The molecule has 1 heteroatoms. The Kier molecular flexibility index (Phi) is 4.15. The standard InChI is InChI=1S/C24H23N/c1-18-16-20-11-7-8-14-22(20)24(17-18)25(21-12-4-3-5-13-21)23-15-9-6-10-19(23)2/h3-15,17-18H,16H2,1-2H3. The number of nitrogens with zero attached hydrogens (tertiary/aromatic N) is 1. The summed E-state index contributed by atoms with van der Waals surface area (Å²) >= 11 is 0. The van der Waals surface area contributed by atoms with E-state index >= 15 is 0 Å². The van der Waals surface area contributed by atoms with Crippen LogP contribution in [0.2, 0.25) is 0 Å². The lowest BCUT2D eigenvalue weighted by Gasteiger charge is -2.33. The Bertz CT molecular complexity index is 908. The van der Waals surface area contributed by atoms with E-state index < -0.39 is 0 Å². The van der Waals surface area contributed by atoms with Crippen molar-refractivity contribution < 1.29 is 0 Å². The molecule has 1 aliphatic rings. The zero-order valence-electron chi connectivity index (χ0n) is 14.8. The number of benzene rings is 3. The molecule has 25 heavy (non-hydrogen) atoms. The lowest BCUT2D eigenvalue weighted by Crippen LogP contribution is -2.21. The van der Waals surface area contributed by atoms with Gasteiger partial charge in [0.05, 0.1) is 0 Å². The summed E-state index contributed by atoms with van der Waals surface area (Å²) in [5, 5.41) is 0. The predicted octanol–water partition coefficient (Wildman–Crippen LogP) is 6.37. The van der Waals surface area contributed by atoms with Gasteiger partial charge in [0, 0.05) is 22.6 Å². The molecule has 3 aromatic carbocycles. The summed E-state index contributed by atoms with van der Waals surface area (Å²) in [6, 6.07) is 28.1. The van der Waals surface area contributed by atoms with Crippen LogP contribution >= 0.6 is 0 Å². The van der Waals surface area contributed by atoms with Crippen LogP contribution in [0.15, 0.2) is 84.9 Å². The number of fused-ring (bicyclic) bond motifs is 1. The van der Waals surface area contributed by atoms with Crippen molar-refractivity contribution in [3.63, 3.8) is 0 Å². The van der Waals surface area contributed by atoms with Crippen molar-refractivity contribution in [3.8, 4) is 0 Å². The molecular weight excluding hydrogens is 302 g/mol.